The summed E-state index contributed by atoms with van der Waals surface area (Å²) in [6, 6.07) is 17.1. The third-order valence-corrected chi connectivity index (χ3v) is 17.5. The van der Waals surface area contributed by atoms with E-state index in [-0.39, 0.29) is 46.3 Å². The maximum atomic E-state index is 12.7. The van der Waals surface area contributed by atoms with Crippen molar-refractivity contribution in [2.45, 2.75) is 58.0 Å². The van der Waals surface area contributed by atoms with Crippen LogP contribution in [-0.2, 0) is 40.3 Å². The molecule has 6 bridgehead atoms. The molecule has 0 spiro atoms. The van der Waals surface area contributed by atoms with Gasteiger partial charge >= 0.3 is 17.9 Å². The lowest BCUT2D eigenvalue weighted by atomic mass is 9.26. The predicted molar refractivity (Wildman–Crippen MR) is 219 cm³/mol. The van der Waals surface area contributed by atoms with Crippen LogP contribution in [0, 0.1) is 81.8 Å². The van der Waals surface area contributed by atoms with Crippen molar-refractivity contribution in [3.05, 3.63) is 70.8 Å². The Hall–Kier alpha value is -3.35. The van der Waals surface area contributed by atoms with Crippen LogP contribution in [0.15, 0.2) is 48.5 Å². The van der Waals surface area contributed by atoms with E-state index in [0.717, 1.165) is 138 Å². The molecule has 6 saturated carbocycles. The zero-order chi connectivity index (χ0) is 39.8. The van der Waals surface area contributed by atoms with E-state index in [1.165, 1.54) is 17.5 Å². The second-order valence-electron chi connectivity index (χ2n) is 20.1. The topological polar surface area (TPSA) is 163 Å². The first-order chi connectivity index (χ1) is 28.2. The smallest absolute Gasteiger partial charge is 0.307 e. The van der Waals surface area contributed by atoms with Crippen LogP contribution in [0.5, 0.6) is 0 Å². The van der Waals surface area contributed by atoms with E-state index < -0.39 is 17.9 Å². The second kappa shape index (κ2) is 15.3. The van der Waals surface area contributed by atoms with E-state index in [9.17, 15) is 29.7 Å². The van der Waals surface area contributed by atoms with Crippen molar-refractivity contribution in [1.82, 2.24) is 26.2 Å². The van der Waals surface area contributed by atoms with Crippen molar-refractivity contribution in [3.8, 4) is 0 Å². The maximum absolute atomic E-state index is 12.7. The Balaban J connectivity index is 0.836. The average Bonchev–Trinajstić information content (AvgIpc) is 4.07. The van der Waals surface area contributed by atoms with Crippen LogP contribution in [-0.4, -0.2) is 97.0 Å². The lowest BCUT2D eigenvalue weighted by Gasteiger charge is -2.78. The summed E-state index contributed by atoms with van der Waals surface area (Å²) in [5, 5.41) is 44.5. The van der Waals surface area contributed by atoms with Gasteiger partial charge in [-0.05, 0) is 171 Å². The van der Waals surface area contributed by atoms with Crippen molar-refractivity contribution in [1.29, 1.82) is 0 Å². The molecule has 11 heteroatoms. The molecule has 6 aliphatic carbocycles. The quantitative estimate of drug-likeness (QED) is 0.0921. The molecule has 2 aromatic carbocycles. The summed E-state index contributed by atoms with van der Waals surface area (Å²) in [4.78, 5) is 40.0. The summed E-state index contributed by atoms with van der Waals surface area (Å²) in [6.07, 6.45) is 5.96. The van der Waals surface area contributed by atoms with Crippen molar-refractivity contribution in [2.75, 3.05) is 58.9 Å². The molecule has 0 amide bonds. The second-order valence-corrected chi connectivity index (χ2v) is 20.1. The van der Waals surface area contributed by atoms with Gasteiger partial charge in [0.2, 0.25) is 0 Å². The van der Waals surface area contributed by atoms with E-state index >= 15 is 0 Å². The SMILES string of the molecule is O=C(O)[C@@H](Cc1cccc(CNCCN(Cc2cccc(C[C@H](C(=O)O)[C@H]3CCNC3)c2)CC23CC4(C[C@H](C(=O)O)[C@H]5CCNC5)C5C6C2C5C3C64)c1)[C@H]1CCNC1. The number of carboxylic acid groups (broad SMARTS) is 3. The van der Waals surface area contributed by atoms with Crippen LogP contribution < -0.4 is 21.3 Å². The van der Waals surface area contributed by atoms with Gasteiger partial charge in [0.15, 0.2) is 0 Å². The number of hydrogen-bond donors (Lipinski definition) is 7. The molecule has 58 heavy (non-hydrogen) atoms. The lowest BCUT2D eigenvalue weighted by Crippen LogP contribution is -2.75. The van der Waals surface area contributed by atoms with Crippen LogP contribution in [0.2, 0.25) is 0 Å². The summed E-state index contributed by atoms with van der Waals surface area (Å²) in [5.74, 6) is 2.25. The van der Waals surface area contributed by atoms with Crippen LogP contribution in [0.25, 0.3) is 0 Å². The highest BCUT2D eigenvalue weighted by atomic mass is 16.4. The Labute approximate surface area is 342 Å². The number of nitrogens with one attached hydrogen (secondary N) is 4. The minimum atomic E-state index is -0.707. The van der Waals surface area contributed by atoms with Gasteiger partial charge in [0, 0.05) is 32.7 Å². The van der Waals surface area contributed by atoms with E-state index in [4.69, 9.17) is 0 Å². The average molecular weight is 794 g/mol. The molecule has 0 aromatic heterocycles. The van der Waals surface area contributed by atoms with Crippen LogP contribution in [0.4, 0.5) is 0 Å². The van der Waals surface area contributed by atoms with E-state index in [0.29, 0.717) is 19.4 Å². The zero-order valence-electron chi connectivity index (χ0n) is 33.8. The molecule has 312 valence electrons. The van der Waals surface area contributed by atoms with Gasteiger partial charge in [-0.2, -0.15) is 0 Å². The third-order valence-electron chi connectivity index (χ3n) is 17.5. The normalized spacial score (nSPS) is 37.4. The summed E-state index contributed by atoms with van der Waals surface area (Å²) in [5.41, 5.74) is 5.08. The number of carboxylic acids is 3. The van der Waals surface area contributed by atoms with Gasteiger partial charge in [0.1, 0.15) is 0 Å². The molecule has 3 aliphatic heterocycles. The summed E-state index contributed by atoms with van der Waals surface area (Å²) in [6.45, 7) is 9.35. The van der Waals surface area contributed by atoms with Crippen LogP contribution in [0.1, 0.15) is 54.4 Å². The van der Waals surface area contributed by atoms with Crippen molar-refractivity contribution >= 4 is 17.9 Å². The van der Waals surface area contributed by atoms with Crippen LogP contribution in [0.3, 0.4) is 0 Å². The molecule has 14 atom stereocenters. The molecule has 9 aliphatic rings. The Morgan fingerprint density at radius 1 is 0.672 bits per heavy atom. The van der Waals surface area contributed by atoms with Crippen molar-refractivity contribution < 1.29 is 29.7 Å². The number of nitrogens with zero attached hydrogens (tertiary/aromatic N) is 1. The molecule has 11 nitrogen and oxygen atoms in total. The van der Waals surface area contributed by atoms with E-state index in [2.05, 4.69) is 74.7 Å². The van der Waals surface area contributed by atoms with Gasteiger partial charge in [-0.1, -0.05) is 48.5 Å². The monoisotopic (exact) mass is 793 g/mol. The minimum Gasteiger partial charge on any atom is -0.481 e. The number of rotatable bonds is 21. The molecule has 3 saturated heterocycles. The summed E-state index contributed by atoms with van der Waals surface area (Å²) < 4.78 is 0. The zero-order valence-corrected chi connectivity index (χ0v) is 33.8. The Kier molecular flexibility index (Phi) is 10.2. The lowest BCUT2D eigenvalue weighted by molar-refractivity contribution is -0.310. The Morgan fingerprint density at radius 2 is 1.17 bits per heavy atom. The van der Waals surface area contributed by atoms with Crippen molar-refractivity contribution in [3.63, 3.8) is 0 Å². The molecule has 2 aromatic rings. The molecule has 11 rings (SSSR count). The molecule has 9 fully saturated rings. The standard InChI is InChI=1S/C47H63N5O6/c53-43(54)34(31-7-10-48-21-31)17-27-3-1-5-29(15-27)20-51-13-14-52(24-30-6-2-4-28(16-30)18-35(44(55)56)32-8-11-49-22-32)26-47-25-46(19-36(45(57)58)33-9-12-50-23-33)39-37-40(47)38(39)42(47)41(37)46/h1-6,15-16,31-42,48-51H,7-14,17-26H2,(H,53,54)(H,55,56)(H,57,58)/t31-,32-,33-,34-,35-,36-,37?,38?,39?,40?,41?,42?,46?,47?/m0/s1. The Morgan fingerprint density at radius 3 is 1.72 bits per heavy atom. The first-order valence-electron chi connectivity index (χ1n) is 22.6. The highest BCUT2D eigenvalue weighted by Gasteiger charge is 3.00. The van der Waals surface area contributed by atoms with E-state index in [1.54, 1.807) is 0 Å². The fraction of sp³-hybridized carbons (Fsp3) is 0.681. The predicted octanol–water partition coefficient (Wildman–Crippen LogP) is 3.81. The third kappa shape index (κ3) is 6.36. The Bertz CT molecular complexity index is 1890. The maximum Gasteiger partial charge on any atom is 0.307 e. The van der Waals surface area contributed by atoms with Gasteiger partial charge in [-0.3, -0.25) is 19.3 Å². The van der Waals surface area contributed by atoms with Gasteiger partial charge in [-0.25, -0.2) is 0 Å². The van der Waals surface area contributed by atoms with E-state index in [1.807, 2.05) is 0 Å². The van der Waals surface area contributed by atoms with Crippen molar-refractivity contribution in [2.24, 2.45) is 81.8 Å². The molecular weight excluding hydrogens is 731 g/mol. The highest BCUT2D eigenvalue weighted by molar-refractivity contribution is 5.72. The molecule has 3 heterocycles. The summed E-state index contributed by atoms with van der Waals surface area (Å²) >= 11 is 0. The van der Waals surface area contributed by atoms with Gasteiger partial charge in [0.05, 0.1) is 17.8 Å². The van der Waals surface area contributed by atoms with Gasteiger partial charge in [-0.15, -0.1) is 0 Å². The fourth-order valence-electron chi connectivity index (χ4n) is 15.5. The van der Waals surface area contributed by atoms with Gasteiger partial charge < -0.3 is 36.6 Å². The number of carbonyl (C=O) groups is 3. The fourth-order valence-corrected chi connectivity index (χ4v) is 15.5. The molecule has 0 radical (unpaired) electrons. The molecule has 7 N–H and O–H groups in total. The minimum absolute atomic E-state index is 0.155. The van der Waals surface area contributed by atoms with Gasteiger partial charge in [0.25, 0.3) is 0 Å². The molecule has 8 unspecified atom stereocenters. The highest BCUT2D eigenvalue weighted by Crippen LogP contribution is 3.03. The molecular formula is C47H63N5O6. The first-order valence-corrected chi connectivity index (χ1v) is 22.6. The van der Waals surface area contributed by atoms with Crippen LogP contribution >= 0.6 is 0 Å². The number of benzene rings is 2. The largest absolute Gasteiger partial charge is 0.481 e. The summed E-state index contributed by atoms with van der Waals surface area (Å²) in [7, 11) is 0. The number of hydrogen-bond acceptors (Lipinski definition) is 8. The number of aliphatic carboxylic acids is 3. The first kappa shape index (κ1) is 38.8.